The summed E-state index contributed by atoms with van der Waals surface area (Å²) < 4.78 is 25.3. The summed E-state index contributed by atoms with van der Waals surface area (Å²) in [5.41, 5.74) is 1.21. The Morgan fingerprint density at radius 3 is 2.27 bits per heavy atom. The van der Waals surface area contributed by atoms with Crippen molar-refractivity contribution in [3.63, 3.8) is 0 Å². The summed E-state index contributed by atoms with van der Waals surface area (Å²) in [6.07, 6.45) is 1.18. The molecule has 8 heteroatoms. The highest BCUT2D eigenvalue weighted by molar-refractivity contribution is 7.91. The van der Waals surface area contributed by atoms with Crippen LogP contribution in [0.2, 0.25) is 5.02 Å². The van der Waals surface area contributed by atoms with Gasteiger partial charge in [-0.15, -0.1) is 0 Å². The van der Waals surface area contributed by atoms with Crippen LogP contribution in [0.5, 0.6) is 5.75 Å². The Morgan fingerprint density at radius 2 is 1.70 bits per heavy atom. The number of sulfone groups is 1. The molecule has 0 saturated heterocycles. The molecule has 0 spiro atoms. The van der Waals surface area contributed by atoms with E-state index in [0.29, 0.717) is 5.02 Å². The first kappa shape index (κ1) is 21.8. The average molecular weight is 445 g/mol. The molecule has 2 N–H and O–H groups in total. The van der Waals surface area contributed by atoms with E-state index in [-0.39, 0.29) is 32.3 Å². The second kappa shape index (κ2) is 8.08. The minimum atomic E-state index is -3.83. The van der Waals surface area contributed by atoms with Crippen LogP contribution in [0.3, 0.4) is 0 Å². The summed E-state index contributed by atoms with van der Waals surface area (Å²) in [6, 6.07) is 13.4. The lowest BCUT2D eigenvalue weighted by Crippen LogP contribution is -2.15. The summed E-state index contributed by atoms with van der Waals surface area (Å²) in [6.45, 7) is 6.07. The number of hydrogen-bond donors (Lipinski definition) is 2. The van der Waals surface area contributed by atoms with Gasteiger partial charge in [0.05, 0.1) is 16.1 Å². The zero-order valence-corrected chi connectivity index (χ0v) is 18.3. The number of nitrogens with zero attached hydrogens (tertiary/aromatic N) is 1. The molecule has 1 heterocycles. The third kappa shape index (κ3) is 4.63. The highest BCUT2D eigenvalue weighted by Gasteiger charge is 2.21. The van der Waals surface area contributed by atoms with Gasteiger partial charge < -0.3 is 10.4 Å². The zero-order chi connectivity index (χ0) is 22.1. The molecule has 1 aromatic heterocycles. The van der Waals surface area contributed by atoms with Crippen molar-refractivity contribution in [2.45, 2.75) is 36.1 Å². The number of phenolic OH excluding ortho intramolecular Hbond substituents is 1. The molecular formula is C22H21ClN2O4S. The van der Waals surface area contributed by atoms with Gasteiger partial charge in [0, 0.05) is 11.2 Å². The lowest BCUT2D eigenvalue weighted by atomic mass is 9.87. The number of amides is 1. The fourth-order valence-corrected chi connectivity index (χ4v) is 4.01. The van der Waals surface area contributed by atoms with Gasteiger partial charge in [-0.2, -0.15) is 0 Å². The van der Waals surface area contributed by atoms with E-state index in [1.807, 2.05) is 20.8 Å². The standard InChI is InChI=1S/C22H21ClN2O4S/c1-22(2,3)15-5-10-19(26)18(12-15)25-21(27)14-4-11-20(24-13-14)30(28,29)17-8-6-16(23)7-9-17/h4-13,26H,1-3H3,(H,25,27). The van der Waals surface area contributed by atoms with Crippen LogP contribution in [0.1, 0.15) is 36.7 Å². The summed E-state index contributed by atoms with van der Waals surface area (Å²) in [5.74, 6) is -0.578. The fraction of sp³-hybridized carbons (Fsp3) is 0.182. The van der Waals surface area contributed by atoms with Gasteiger partial charge >= 0.3 is 0 Å². The number of nitrogens with one attached hydrogen (secondary N) is 1. The van der Waals surface area contributed by atoms with Crippen molar-refractivity contribution in [2.75, 3.05) is 5.32 Å². The van der Waals surface area contributed by atoms with Gasteiger partial charge in [0.15, 0.2) is 5.03 Å². The van der Waals surface area contributed by atoms with Crippen molar-refractivity contribution < 1.29 is 18.3 Å². The van der Waals surface area contributed by atoms with Crippen LogP contribution in [-0.4, -0.2) is 24.4 Å². The third-order valence-electron chi connectivity index (χ3n) is 4.51. The molecule has 0 aliphatic rings. The molecule has 0 aliphatic carbocycles. The number of aromatic hydroxyl groups is 1. The van der Waals surface area contributed by atoms with Crippen LogP contribution in [0.15, 0.2) is 70.7 Å². The molecule has 0 unspecified atom stereocenters. The molecule has 0 saturated carbocycles. The van der Waals surface area contributed by atoms with Gasteiger partial charge in [-0.1, -0.05) is 38.4 Å². The van der Waals surface area contributed by atoms with Gasteiger partial charge in [-0.05, 0) is 59.5 Å². The summed E-state index contributed by atoms with van der Waals surface area (Å²) in [4.78, 5) is 16.6. The highest BCUT2D eigenvalue weighted by Crippen LogP contribution is 2.31. The molecule has 0 fully saturated rings. The molecule has 0 aliphatic heterocycles. The number of halogens is 1. The Bertz CT molecular complexity index is 1180. The van der Waals surface area contributed by atoms with E-state index in [1.165, 1.54) is 48.7 Å². The maximum Gasteiger partial charge on any atom is 0.257 e. The number of pyridine rings is 1. The average Bonchev–Trinajstić information content (AvgIpc) is 2.69. The topological polar surface area (TPSA) is 96.4 Å². The number of anilines is 1. The van der Waals surface area contributed by atoms with Crippen LogP contribution in [0.25, 0.3) is 0 Å². The van der Waals surface area contributed by atoms with Gasteiger partial charge in [-0.25, -0.2) is 13.4 Å². The predicted octanol–water partition coefficient (Wildman–Crippen LogP) is 4.82. The minimum Gasteiger partial charge on any atom is -0.506 e. The second-order valence-corrected chi connectivity index (χ2v) is 10.1. The lowest BCUT2D eigenvalue weighted by Gasteiger charge is -2.20. The van der Waals surface area contributed by atoms with E-state index < -0.39 is 15.7 Å². The Morgan fingerprint density at radius 1 is 1.03 bits per heavy atom. The zero-order valence-electron chi connectivity index (χ0n) is 16.7. The smallest absolute Gasteiger partial charge is 0.257 e. The van der Waals surface area contributed by atoms with Crippen LogP contribution in [0, 0.1) is 0 Å². The number of benzene rings is 2. The first-order valence-corrected chi connectivity index (χ1v) is 11.0. The highest BCUT2D eigenvalue weighted by atomic mass is 35.5. The van der Waals surface area contributed by atoms with Gasteiger partial charge in [0.25, 0.3) is 5.91 Å². The molecule has 156 valence electrons. The van der Waals surface area contributed by atoms with Crippen LogP contribution < -0.4 is 5.32 Å². The predicted molar refractivity (Wildman–Crippen MR) is 116 cm³/mol. The van der Waals surface area contributed by atoms with Crippen LogP contribution in [-0.2, 0) is 15.3 Å². The van der Waals surface area contributed by atoms with E-state index >= 15 is 0 Å². The van der Waals surface area contributed by atoms with Crippen molar-refractivity contribution in [3.05, 3.63) is 76.9 Å². The van der Waals surface area contributed by atoms with Gasteiger partial charge in [0.2, 0.25) is 9.84 Å². The Labute approximate surface area is 180 Å². The molecule has 0 bridgehead atoms. The van der Waals surface area contributed by atoms with Crippen molar-refractivity contribution in [1.82, 2.24) is 4.98 Å². The molecule has 6 nitrogen and oxygen atoms in total. The second-order valence-electron chi connectivity index (χ2n) is 7.78. The van der Waals surface area contributed by atoms with Crippen molar-refractivity contribution in [3.8, 4) is 5.75 Å². The molecule has 2 aromatic carbocycles. The number of aromatic nitrogens is 1. The van der Waals surface area contributed by atoms with Crippen LogP contribution in [0.4, 0.5) is 5.69 Å². The number of rotatable bonds is 4. The van der Waals surface area contributed by atoms with E-state index in [1.54, 1.807) is 12.1 Å². The summed E-state index contributed by atoms with van der Waals surface area (Å²) in [5, 5.41) is 13.0. The maximum absolute atomic E-state index is 12.7. The van der Waals surface area contributed by atoms with E-state index in [4.69, 9.17) is 11.6 Å². The molecule has 30 heavy (non-hydrogen) atoms. The van der Waals surface area contributed by atoms with Crippen LogP contribution >= 0.6 is 11.6 Å². The minimum absolute atomic E-state index is 0.0560. The normalized spacial score (nSPS) is 11.9. The van der Waals surface area contributed by atoms with E-state index in [2.05, 4.69) is 10.3 Å². The van der Waals surface area contributed by atoms with E-state index in [0.717, 1.165) is 5.56 Å². The van der Waals surface area contributed by atoms with E-state index in [9.17, 15) is 18.3 Å². The first-order chi connectivity index (χ1) is 14.0. The summed E-state index contributed by atoms with van der Waals surface area (Å²) in [7, 11) is -3.83. The monoisotopic (exact) mass is 444 g/mol. The van der Waals surface area contributed by atoms with Gasteiger partial charge in [-0.3, -0.25) is 4.79 Å². The molecule has 0 atom stereocenters. The Balaban J connectivity index is 1.83. The SMILES string of the molecule is CC(C)(C)c1ccc(O)c(NC(=O)c2ccc(S(=O)(=O)c3ccc(Cl)cc3)nc2)c1. The number of carbonyl (C=O) groups excluding carboxylic acids is 1. The molecular weight excluding hydrogens is 424 g/mol. The Kier molecular flexibility index (Phi) is 5.87. The lowest BCUT2D eigenvalue weighted by molar-refractivity contribution is 0.102. The number of hydrogen-bond acceptors (Lipinski definition) is 5. The molecule has 0 radical (unpaired) electrons. The summed E-state index contributed by atoms with van der Waals surface area (Å²) >= 11 is 5.80. The Hall–Kier alpha value is -2.90. The number of carbonyl (C=O) groups is 1. The van der Waals surface area contributed by atoms with Crippen molar-refractivity contribution >= 4 is 33.0 Å². The number of phenols is 1. The largest absolute Gasteiger partial charge is 0.506 e. The molecule has 3 aromatic rings. The molecule has 3 rings (SSSR count). The third-order valence-corrected chi connectivity index (χ3v) is 6.45. The van der Waals surface area contributed by atoms with Crippen molar-refractivity contribution in [2.24, 2.45) is 0 Å². The fourth-order valence-electron chi connectivity index (χ4n) is 2.71. The van der Waals surface area contributed by atoms with Gasteiger partial charge in [0.1, 0.15) is 5.75 Å². The first-order valence-electron chi connectivity index (χ1n) is 9.10. The molecule has 1 amide bonds. The van der Waals surface area contributed by atoms with Crippen molar-refractivity contribution in [1.29, 1.82) is 0 Å². The quantitative estimate of drug-likeness (QED) is 0.562. The maximum atomic E-state index is 12.7.